The van der Waals surface area contributed by atoms with Crippen LogP contribution in [0.4, 0.5) is 0 Å². The number of hydrogen-bond acceptors (Lipinski definition) is 3. The first-order valence-electron chi connectivity index (χ1n) is 5.48. The molecule has 1 unspecified atom stereocenters. The Morgan fingerprint density at radius 1 is 1.47 bits per heavy atom. The number of sulfone groups is 1. The minimum atomic E-state index is -3.09. The summed E-state index contributed by atoms with van der Waals surface area (Å²) in [6.07, 6.45) is 0.588. The molecule has 1 atom stereocenters. The second-order valence-electron chi connectivity index (χ2n) is 4.84. The van der Waals surface area contributed by atoms with Gasteiger partial charge >= 0.3 is 0 Å². The molecule has 94 valence electrons. The number of aryl methyl sites for hydroxylation is 1. The van der Waals surface area contributed by atoms with Crippen LogP contribution in [0.3, 0.4) is 0 Å². The van der Waals surface area contributed by atoms with Gasteiger partial charge in [0.15, 0.2) is 9.84 Å². The molecular formula is C12H15ClO3S. The van der Waals surface area contributed by atoms with Gasteiger partial charge in [0.2, 0.25) is 0 Å². The molecule has 1 fully saturated rings. The molecule has 0 aromatic heterocycles. The summed E-state index contributed by atoms with van der Waals surface area (Å²) in [4.78, 5) is 0. The summed E-state index contributed by atoms with van der Waals surface area (Å²) < 4.78 is 22.8. The molecule has 0 saturated carbocycles. The summed E-state index contributed by atoms with van der Waals surface area (Å²) >= 11 is 6.08. The summed E-state index contributed by atoms with van der Waals surface area (Å²) in [7, 11) is -3.09. The van der Waals surface area contributed by atoms with Gasteiger partial charge in [0.1, 0.15) is 0 Å². The highest BCUT2D eigenvalue weighted by atomic mass is 35.5. The van der Waals surface area contributed by atoms with Gasteiger partial charge in [-0.2, -0.15) is 0 Å². The first-order valence-corrected chi connectivity index (χ1v) is 7.67. The predicted octanol–water partition coefficient (Wildman–Crippen LogP) is 1.74. The number of halogens is 1. The lowest BCUT2D eigenvalue weighted by molar-refractivity contribution is 0.0682. The first kappa shape index (κ1) is 12.9. The molecular weight excluding hydrogens is 260 g/mol. The molecule has 0 amide bonds. The Kier molecular flexibility index (Phi) is 3.23. The summed E-state index contributed by atoms with van der Waals surface area (Å²) in [6.45, 7) is 1.93. The zero-order valence-corrected chi connectivity index (χ0v) is 11.2. The summed E-state index contributed by atoms with van der Waals surface area (Å²) in [5.74, 6) is -0.100. The van der Waals surface area contributed by atoms with Gasteiger partial charge in [0.05, 0.1) is 17.1 Å². The number of hydrogen-bond donors (Lipinski definition) is 1. The van der Waals surface area contributed by atoms with Crippen molar-refractivity contribution in [2.45, 2.75) is 25.4 Å². The van der Waals surface area contributed by atoms with Crippen LogP contribution in [-0.2, 0) is 16.3 Å². The van der Waals surface area contributed by atoms with Crippen molar-refractivity contribution in [3.63, 3.8) is 0 Å². The lowest BCUT2D eigenvalue weighted by Crippen LogP contribution is -2.32. The van der Waals surface area contributed by atoms with E-state index in [1.165, 1.54) is 0 Å². The highest BCUT2D eigenvalue weighted by molar-refractivity contribution is 7.91. The lowest BCUT2D eigenvalue weighted by atomic mass is 9.93. The smallest absolute Gasteiger partial charge is 0.153 e. The van der Waals surface area contributed by atoms with Crippen molar-refractivity contribution in [2.24, 2.45) is 0 Å². The molecule has 0 bridgehead atoms. The van der Waals surface area contributed by atoms with E-state index in [2.05, 4.69) is 0 Å². The molecule has 1 N–H and O–H groups in total. The topological polar surface area (TPSA) is 54.4 Å². The van der Waals surface area contributed by atoms with Gasteiger partial charge in [0, 0.05) is 11.4 Å². The molecule has 5 heteroatoms. The third-order valence-electron chi connectivity index (χ3n) is 3.10. The van der Waals surface area contributed by atoms with Crippen LogP contribution in [0.25, 0.3) is 0 Å². The molecule has 1 aliphatic heterocycles. The Morgan fingerprint density at radius 3 is 2.71 bits per heavy atom. The van der Waals surface area contributed by atoms with Crippen LogP contribution in [0, 0.1) is 6.92 Å². The van der Waals surface area contributed by atoms with Crippen molar-refractivity contribution in [2.75, 3.05) is 11.5 Å². The molecule has 3 nitrogen and oxygen atoms in total. The van der Waals surface area contributed by atoms with E-state index in [0.717, 1.165) is 11.1 Å². The lowest BCUT2D eigenvalue weighted by Gasteiger charge is -2.21. The van der Waals surface area contributed by atoms with Crippen molar-refractivity contribution in [3.8, 4) is 0 Å². The second kappa shape index (κ2) is 4.26. The van der Waals surface area contributed by atoms with Crippen LogP contribution in [0.2, 0.25) is 5.02 Å². The van der Waals surface area contributed by atoms with E-state index in [1.807, 2.05) is 25.1 Å². The van der Waals surface area contributed by atoms with E-state index in [-0.39, 0.29) is 11.5 Å². The molecule has 0 spiro atoms. The fraction of sp³-hybridized carbons (Fsp3) is 0.500. The zero-order chi connectivity index (χ0) is 12.7. The Morgan fingerprint density at radius 2 is 2.18 bits per heavy atom. The third kappa shape index (κ3) is 3.00. The summed E-state index contributed by atoms with van der Waals surface area (Å²) in [5, 5.41) is 10.8. The van der Waals surface area contributed by atoms with Crippen LogP contribution in [0.15, 0.2) is 18.2 Å². The van der Waals surface area contributed by atoms with Crippen LogP contribution >= 0.6 is 11.6 Å². The fourth-order valence-corrected chi connectivity index (χ4v) is 4.39. The van der Waals surface area contributed by atoms with E-state index in [0.29, 0.717) is 17.9 Å². The minimum absolute atomic E-state index is 0.0625. The van der Waals surface area contributed by atoms with E-state index >= 15 is 0 Å². The largest absolute Gasteiger partial charge is 0.388 e. The summed E-state index contributed by atoms with van der Waals surface area (Å²) in [5.41, 5.74) is 0.694. The number of rotatable bonds is 2. The maximum atomic E-state index is 11.4. The van der Waals surface area contributed by atoms with Crippen molar-refractivity contribution in [1.29, 1.82) is 0 Å². The van der Waals surface area contributed by atoms with Crippen LogP contribution in [-0.4, -0.2) is 30.6 Å². The van der Waals surface area contributed by atoms with Crippen LogP contribution < -0.4 is 0 Å². The minimum Gasteiger partial charge on any atom is -0.388 e. The monoisotopic (exact) mass is 274 g/mol. The molecule has 1 aromatic rings. The Balaban J connectivity index is 2.22. The van der Waals surface area contributed by atoms with Crippen molar-refractivity contribution in [1.82, 2.24) is 0 Å². The average molecular weight is 275 g/mol. The predicted molar refractivity (Wildman–Crippen MR) is 68.1 cm³/mol. The molecule has 2 rings (SSSR count). The van der Waals surface area contributed by atoms with Crippen molar-refractivity contribution < 1.29 is 13.5 Å². The molecule has 0 radical (unpaired) electrons. The average Bonchev–Trinajstić information content (AvgIpc) is 2.46. The quantitative estimate of drug-likeness (QED) is 0.894. The normalized spacial score (nSPS) is 27.2. The number of benzene rings is 1. The zero-order valence-electron chi connectivity index (χ0n) is 9.61. The molecule has 1 aromatic carbocycles. The maximum absolute atomic E-state index is 11.4. The van der Waals surface area contributed by atoms with Gasteiger partial charge in [-0.1, -0.05) is 23.7 Å². The highest BCUT2D eigenvalue weighted by Crippen LogP contribution is 2.30. The Labute approximate surface area is 106 Å². The molecule has 17 heavy (non-hydrogen) atoms. The van der Waals surface area contributed by atoms with Crippen LogP contribution in [0.1, 0.15) is 17.5 Å². The fourth-order valence-electron chi connectivity index (χ4n) is 2.19. The van der Waals surface area contributed by atoms with E-state index < -0.39 is 15.4 Å². The van der Waals surface area contributed by atoms with Gasteiger partial charge < -0.3 is 5.11 Å². The van der Waals surface area contributed by atoms with Gasteiger partial charge in [-0.15, -0.1) is 0 Å². The Bertz CT molecular complexity index is 539. The van der Waals surface area contributed by atoms with Gasteiger partial charge in [-0.05, 0) is 30.5 Å². The molecule has 1 saturated heterocycles. The van der Waals surface area contributed by atoms with E-state index in [9.17, 15) is 13.5 Å². The standard InChI is InChI=1S/C12H15ClO3S/c1-9-2-3-10(11(13)6-9)7-12(14)4-5-17(15,16)8-12/h2-3,6,14H,4-5,7-8H2,1H3. The SMILES string of the molecule is Cc1ccc(CC2(O)CCS(=O)(=O)C2)c(Cl)c1. The van der Waals surface area contributed by atoms with E-state index in [4.69, 9.17) is 11.6 Å². The Hall–Kier alpha value is -0.580. The van der Waals surface area contributed by atoms with Gasteiger partial charge in [-0.3, -0.25) is 0 Å². The second-order valence-corrected chi connectivity index (χ2v) is 7.43. The van der Waals surface area contributed by atoms with E-state index in [1.54, 1.807) is 0 Å². The third-order valence-corrected chi connectivity index (χ3v) is 5.25. The molecule has 1 aliphatic rings. The molecule has 0 aliphatic carbocycles. The highest BCUT2D eigenvalue weighted by Gasteiger charge is 2.40. The van der Waals surface area contributed by atoms with Crippen molar-refractivity contribution in [3.05, 3.63) is 34.3 Å². The first-order chi connectivity index (χ1) is 7.80. The van der Waals surface area contributed by atoms with Gasteiger partial charge in [0.25, 0.3) is 0 Å². The van der Waals surface area contributed by atoms with Crippen LogP contribution in [0.5, 0.6) is 0 Å². The number of aliphatic hydroxyl groups is 1. The molecule has 1 heterocycles. The van der Waals surface area contributed by atoms with Crippen molar-refractivity contribution >= 4 is 21.4 Å². The maximum Gasteiger partial charge on any atom is 0.153 e. The summed E-state index contributed by atoms with van der Waals surface area (Å²) in [6, 6.07) is 5.58. The van der Waals surface area contributed by atoms with Gasteiger partial charge in [-0.25, -0.2) is 8.42 Å².